The minimum atomic E-state index is -3.56. The number of aromatic nitrogens is 4. The zero-order valence-corrected chi connectivity index (χ0v) is 26.7. The van der Waals surface area contributed by atoms with Crippen molar-refractivity contribution in [1.82, 2.24) is 34.6 Å². The fraction of sp³-hybridized carbons (Fsp3) is 0.406. The highest BCUT2D eigenvalue weighted by atomic mass is 31.2. The molecular formula is C32H42N7O5P. The fourth-order valence-corrected chi connectivity index (χ4v) is 7.48. The minimum absolute atomic E-state index is 0.152. The van der Waals surface area contributed by atoms with Crippen molar-refractivity contribution in [3.63, 3.8) is 0 Å². The minimum Gasteiger partial charge on any atom is -0.465 e. The molecule has 3 atom stereocenters. The van der Waals surface area contributed by atoms with E-state index in [0.717, 1.165) is 30.4 Å². The first kappa shape index (κ1) is 33.9. The summed E-state index contributed by atoms with van der Waals surface area (Å²) in [5.74, 6) is -0.506. The Morgan fingerprint density at radius 2 is 1.69 bits per heavy atom. The number of imidazole rings is 1. The number of carbonyl (C=O) groups is 2. The summed E-state index contributed by atoms with van der Waals surface area (Å²) < 4.78 is 21.9. The molecule has 0 aliphatic heterocycles. The Hall–Kier alpha value is -3.96. The number of hydrogen-bond acceptors (Lipinski definition) is 8. The highest BCUT2D eigenvalue weighted by Gasteiger charge is 2.33. The van der Waals surface area contributed by atoms with Gasteiger partial charge in [0, 0.05) is 25.8 Å². The Balaban J connectivity index is 1.54. The van der Waals surface area contributed by atoms with E-state index in [2.05, 4.69) is 37.0 Å². The third kappa shape index (κ3) is 10.0. The number of aromatic amines is 1. The van der Waals surface area contributed by atoms with Crippen LogP contribution >= 0.6 is 7.44 Å². The van der Waals surface area contributed by atoms with Crippen molar-refractivity contribution in [2.45, 2.75) is 51.7 Å². The number of benzene rings is 2. The Morgan fingerprint density at radius 3 is 2.33 bits per heavy atom. The Kier molecular flexibility index (Phi) is 12.8. The molecule has 0 saturated carbocycles. The van der Waals surface area contributed by atoms with Crippen LogP contribution in [0, 0.1) is 0 Å². The molecule has 0 saturated heterocycles. The van der Waals surface area contributed by atoms with Crippen molar-refractivity contribution < 1.29 is 18.9 Å². The normalized spacial score (nSPS) is 14.2. The number of hydrogen-bond donors (Lipinski definition) is 3. The van der Waals surface area contributed by atoms with E-state index in [9.17, 15) is 18.9 Å². The molecule has 2 aromatic carbocycles. The molecule has 12 nitrogen and oxygen atoms in total. The van der Waals surface area contributed by atoms with Crippen LogP contribution in [0.5, 0.6) is 0 Å². The molecule has 0 radical (unpaired) electrons. The van der Waals surface area contributed by atoms with Crippen molar-refractivity contribution in [2.24, 2.45) is 0 Å². The lowest BCUT2D eigenvalue weighted by Crippen LogP contribution is -2.45. The van der Waals surface area contributed by atoms with Gasteiger partial charge in [-0.3, -0.25) is 14.2 Å². The standard InChI is InChI=1S/C32H42N7O5P/c1-3-15-38(16-17-39-24-35-29-30(39)33-23-34-31(29)41)18-19-45(43,36-27(22-40)20-25-11-7-5-8-12-25)37-28(32(42)44-4-2)21-26-13-9-6-10-14-26/h5-14,22-24,27-28H,3-4,15-21H2,1-2H3,(H,33,34,41)(H2,36,37,43)/t27-,28-,45?/m0/s1. The van der Waals surface area contributed by atoms with Gasteiger partial charge >= 0.3 is 5.97 Å². The Morgan fingerprint density at radius 1 is 1.00 bits per heavy atom. The van der Waals surface area contributed by atoms with Gasteiger partial charge in [0.15, 0.2) is 11.2 Å². The van der Waals surface area contributed by atoms with Crippen molar-refractivity contribution in [3.05, 3.63) is 94.8 Å². The number of fused-ring (bicyclic) bond motifs is 1. The molecule has 0 amide bonds. The number of esters is 1. The van der Waals surface area contributed by atoms with E-state index in [4.69, 9.17) is 4.74 Å². The molecule has 0 bridgehead atoms. The first-order valence-corrected chi connectivity index (χ1v) is 17.2. The average molecular weight is 636 g/mol. The molecule has 2 aromatic heterocycles. The Bertz CT molecular complexity index is 1610. The summed E-state index contributed by atoms with van der Waals surface area (Å²) >= 11 is 0. The van der Waals surface area contributed by atoms with E-state index in [1.54, 1.807) is 13.3 Å². The molecule has 0 fully saturated rings. The molecule has 3 N–H and O–H groups in total. The SMILES string of the molecule is CCCN(CCn1cnc2c(=O)[nH]cnc21)CCP(=O)(N[C@H](C=O)Cc1ccccc1)N[C@@H](Cc1ccccc1)C(=O)OCC. The number of nitrogens with one attached hydrogen (secondary N) is 3. The van der Waals surface area contributed by atoms with E-state index in [0.29, 0.717) is 31.7 Å². The summed E-state index contributed by atoms with van der Waals surface area (Å²) in [4.78, 5) is 50.6. The molecule has 4 aromatic rings. The fourth-order valence-electron chi connectivity index (χ4n) is 5.19. The summed E-state index contributed by atoms with van der Waals surface area (Å²) in [6, 6.07) is 17.3. The quantitative estimate of drug-likeness (QED) is 0.0796. The van der Waals surface area contributed by atoms with Crippen LogP contribution in [0.3, 0.4) is 0 Å². The van der Waals surface area contributed by atoms with Crippen LogP contribution in [0.4, 0.5) is 0 Å². The van der Waals surface area contributed by atoms with E-state index in [1.807, 2.05) is 65.2 Å². The highest BCUT2D eigenvalue weighted by molar-refractivity contribution is 7.60. The lowest BCUT2D eigenvalue weighted by molar-refractivity contribution is -0.145. The monoisotopic (exact) mass is 635 g/mol. The molecule has 0 spiro atoms. The molecule has 4 rings (SSSR count). The molecule has 240 valence electrons. The van der Waals surface area contributed by atoms with Crippen LogP contribution in [0.15, 0.2) is 78.1 Å². The van der Waals surface area contributed by atoms with Crippen LogP contribution in [0.2, 0.25) is 0 Å². The Labute approximate surface area is 263 Å². The first-order valence-electron chi connectivity index (χ1n) is 15.3. The van der Waals surface area contributed by atoms with Gasteiger partial charge in [-0.05, 0) is 43.9 Å². The van der Waals surface area contributed by atoms with Crippen molar-refractivity contribution in [1.29, 1.82) is 0 Å². The van der Waals surface area contributed by atoms with E-state index in [-0.39, 0.29) is 30.3 Å². The number of H-pyrrole nitrogens is 1. The molecule has 1 unspecified atom stereocenters. The highest BCUT2D eigenvalue weighted by Crippen LogP contribution is 2.38. The molecule has 0 aliphatic carbocycles. The van der Waals surface area contributed by atoms with Gasteiger partial charge in [0.05, 0.1) is 25.3 Å². The van der Waals surface area contributed by atoms with E-state index >= 15 is 0 Å². The second-order valence-corrected chi connectivity index (χ2v) is 13.3. The lowest BCUT2D eigenvalue weighted by Gasteiger charge is -2.30. The molecular weight excluding hydrogens is 593 g/mol. The van der Waals surface area contributed by atoms with E-state index in [1.165, 1.54) is 6.33 Å². The number of aldehydes is 1. The van der Waals surface area contributed by atoms with Crippen LogP contribution in [0.1, 0.15) is 31.4 Å². The van der Waals surface area contributed by atoms with Crippen LogP contribution in [-0.2, 0) is 38.3 Å². The third-order valence-electron chi connectivity index (χ3n) is 7.39. The second kappa shape index (κ2) is 16.9. The van der Waals surface area contributed by atoms with Gasteiger partial charge in [0.2, 0.25) is 7.44 Å². The maximum absolute atomic E-state index is 14.8. The van der Waals surface area contributed by atoms with Gasteiger partial charge in [-0.1, -0.05) is 67.6 Å². The topological polar surface area (TPSA) is 151 Å². The van der Waals surface area contributed by atoms with Crippen molar-refractivity contribution >= 4 is 30.9 Å². The van der Waals surface area contributed by atoms with Gasteiger partial charge in [0.25, 0.3) is 5.56 Å². The maximum Gasteiger partial charge on any atom is 0.323 e. The van der Waals surface area contributed by atoms with Gasteiger partial charge in [0.1, 0.15) is 12.3 Å². The van der Waals surface area contributed by atoms with Crippen LogP contribution in [-0.4, -0.2) is 81.2 Å². The van der Waals surface area contributed by atoms with Gasteiger partial charge in [-0.15, -0.1) is 0 Å². The lowest BCUT2D eigenvalue weighted by atomic mass is 10.1. The zero-order valence-electron chi connectivity index (χ0n) is 25.8. The first-order chi connectivity index (χ1) is 21.8. The second-order valence-electron chi connectivity index (χ2n) is 10.8. The third-order valence-corrected chi connectivity index (χ3v) is 9.70. The van der Waals surface area contributed by atoms with Crippen LogP contribution in [0.25, 0.3) is 11.2 Å². The summed E-state index contributed by atoms with van der Waals surface area (Å²) in [5, 5.41) is 6.25. The number of nitrogens with zero attached hydrogens (tertiary/aromatic N) is 4. The van der Waals surface area contributed by atoms with Gasteiger partial charge in [-0.25, -0.2) is 20.1 Å². The number of rotatable bonds is 19. The predicted octanol–water partition coefficient (Wildman–Crippen LogP) is 3.19. The average Bonchev–Trinajstić information content (AvgIpc) is 3.47. The maximum atomic E-state index is 14.8. The van der Waals surface area contributed by atoms with Crippen molar-refractivity contribution in [3.8, 4) is 0 Å². The summed E-state index contributed by atoms with van der Waals surface area (Å²) in [5.41, 5.74) is 2.29. The van der Waals surface area contributed by atoms with Crippen LogP contribution < -0.4 is 15.7 Å². The summed E-state index contributed by atoms with van der Waals surface area (Å²) in [6.45, 7) is 6.23. The van der Waals surface area contributed by atoms with Gasteiger partial charge < -0.3 is 24.0 Å². The molecule has 2 heterocycles. The van der Waals surface area contributed by atoms with E-state index < -0.39 is 25.5 Å². The summed E-state index contributed by atoms with van der Waals surface area (Å²) in [7, 11) is -3.56. The smallest absolute Gasteiger partial charge is 0.323 e. The van der Waals surface area contributed by atoms with Gasteiger partial charge in [-0.2, -0.15) is 0 Å². The largest absolute Gasteiger partial charge is 0.465 e. The zero-order chi connectivity index (χ0) is 32.1. The number of ether oxygens (including phenoxy) is 1. The molecule has 13 heteroatoms. The van der Waals surface area contributed by atoms with Crippen molar-refractivity contribution in [2.75, 3.05) is 32.4 Å². The number of carbonyl (C=O) groups excluding carboxylic acids is 2. The molecule has 45 heavy (non-hydrogen) atoms. The molecule has 0 aliphatic rings. The summed E-state index contributed by atoms with van der Waals surface area (Å²) in [6.07, 6.45) is 5.34. The predicted molar refractivity (Wildman–Crippen MR) is 174 cm³/mol.